The van der Waals surface area contributed by atoms with Crippen LogP contribution in [0.1, 0.15) is 33.6 Å². The summed E-state index contributed by atoms with van der Waals surface area (Å²) in [5, 5.41) is 7.83. The van der Waals surface area contributed by atoms with Gasteiger partial charge in [0.1, 0.15) is 12.4 Å². The van der Waals surface area contributed by atoms with Gasteiger partial charge in [0.15, 0.2) is 0 Å². The van der Waals surface area contributed by atoms with Crippen molar-refractivity contribution in [3.05, 3.63) is 36.7 Å². The van der Waals surface area contributed by atoms with E-state index in [0.29, 0.717) is 12.1 Å². The molecular weight excluding hydrogens is 264 g/mol. The summed E-state index contributed by atoms with van der Waals surface area (Å²) in [6.45, 7) is 7.20. The van der Waals surface area contributed by atoms with Gasteiger partial charge in [0, 0.05) is 12.6 Å². The van der Waals surface area contributed by atoms with E-state index in [1.807, 2.05) is 37.3 Å². The van der Waals surface area contributed by atoms with E-state index < -0.39 is 0 Å². The van der Waals surface area contributed by atoms with Crippen LogP contribution in [0.2, 0.25) is 0 Å². The van der Waals surface area contributed by atoms with E-state index in [2.05, 4.69) is 29.2 Å². The molecule has 0 radical (unpaired) electrons. The zero-order valence-electron chi connectivity index (χ0n) is 13.0. The van der Waals surface area contributed by atoms with Crippen molar-refractivity contribution in [2.45, 2.75) is 45.8 Å². The molecule has 0 fully saturated rings. The van der Waals surface area contributed by atoms with Crippen LogP contribution in [-0.4, -0.2) is 33.5 Å². The summed E-state index contributed by atoms with van der Waals surface area (Å²) < 4.78 is 7.47. The van der Waals surface area contributed by atoms with Crippen molar-refractivity contribution < 1.29 is 4.74 Å². The number of rotatable bonds is 8. The summed E-state index contributed by atoms with van der Waals surface area (Å²) in [7, 11) is 0. The van der Waals surface area contributed by atoms with Gasteiger partial charge in [-0.15, -0.1) is 5.10 Å². The SMILES string of the molecule is CCC(CC)NCC(C)Oc1ncn(-c2ccccc2)n1. The van der Waals surface area contributed by atoms with Gasteiger partial charge in [0.25, 0.3) is 0 Å². The van der Waals surface area contributed by atoms with Gasteiger partial charge in [-0.05, 0) is 31.9 Å². The summed E-state index contributed by atoms with van der Waals surface area (Å²) in [4.78, 5) is 4.20. The zero-order chi connectivity index (χ0) is 15.1. The molecule has 1 heterocycles. The molecule has 0 saturated heterocycles. The largest absolute Gasteiger partial charge is 0.458 e. The average molecular weight is 288 g/mol. The highest BCUT2D eigenvalue weighted by molar-refractivity contribution is 5.29. The van der Waals surface area contributed by atoms with Crippen molar-refractivity contribution in [1.29, 1.82) is 0 Å². The van der Waals surface area contributed by atoms with Gasteiger partial charge in [-0.2, -0.15) is 4.98 Å². The van der Waals surface area contributed by atoms with Crippen molar-refractivity contribution >= 4 is 0 Å². The van der Waals surface area contributed by atoms with Crippen LogP contribution >= 0.6 is 0 Å². The van der Waals surface area contributed by atoms with E-state index in [1.54, 1.807) is 11.0 Å². The van der Waals surface area contributed by atoms with E-state index in [4.69, 9.17) is 4.74 Å². The Kier molecular flexibility index (Phi) is 5.75. The Balaban J connectivity index is 1.87. The van der Waals surface area contributed by atoms with Crippen LogP contribution in [0.4, 0.5) is 0 Å². The lowest BCUT2D eigenvalue weighted by Gasteiger charge is -2.18. The Morgan fingerprint density at radius 2 is 1.90 bits per heavy atom. The predicted octanol–water partition coefficient (Wildman–Crippen LogP) is 2.81. The van der Waals surface area contributed by atoms with Crippen molar-refractivity contribution in [3.63, 3.8) is 0 Å². The minimum absolute atomic E-state index is 0.0391. The molecule has 5 heteroatoms. The maximum Gasteiger partial charge on any atom is 0.336 e. The monoisotopic (exact) mass is 288 g/mol. The third kappa shape index (κ3) is 4.56. The summed E-state index contributed by atoms with van der Waals surface area (Å²) in [5.41, 5.74) is 0.975. The normalized spacial score (nSPS) is 12.6. The lowest BCUT2D eigenvalue weighted by molar-refractivity contribution is 0.193. The molecule has 1 atom stereocenters. The Morgan fingerprint density at radius 1 is 1.19 bits per heavy atom. The Morgan fingerprint density at radius 3 is 2.57 bits per heavy atom. The molecule has 0 aliphatic heterocycles. The van der Waals surface area contributed by atoms with Crippen LogP contribution in [0.5, 0.6) is 6.01 Å². The van der Waals surface area contributed by atoms with E-state index in [0.717, 1.165) is 25.1 Å². The fourth-order valence-corrected chi connectivity index (χ4v) is 2.14. The van der Waals surface area contributed by atoms with Gasteiger partial charge in [-0.25, -0.2) is 4.68 Å². The molecule has 0 saturated carbocycles. The number of nitrogens with zero attached hydrogens (tertiary/aromatic N) is 3. The molecule has 1 N–H and O–H groups in total. The van der Waals surface area contributed by atoms with E-state index in [9.17, 15) is 0 Å². The average Bonchev–Trinajstić information content (AvgIpc) is 2.97. The Bertz CT molecular complexity index is 522. The molecule has 0 aliphatic rings. The molecule has 0 spiro atoms. The molecule has 114 valence electrons. The van der Waals surface area contributed by atoms with Crippen molar-refractivity contribution in [2.75, 3.05) is 6.54 Å². The Labute approximate surface area is 126 Å². The minimum atomic E-state index is 0.0391. The number of hydrogen-bond donors (Lipinski definition) is 1. The van der Waals surface area contributed by atoms with Crippen LogP contribution in [0.3, 0.4) is 0 Å². The summed E-state index contributed by atoms with van der Waals surface area (Å²) in [6.07, 6.45) is 3.97. The molecule has 2 rings (SSSR count). The van der Waals surface area contributed by atoms with Gasteiger partial charge in [-0.3, -0.25) is 0 Å². The molecule has 1 unspecified atom stereocenters. The summed E-state index contributed by atoms with van der Waals surface area (Å²) in [5.74, 6) is 0. The molecule has 2 aromatic rings. The highest BCUT2D eigenvalue weighted by Crippen LogP contribution is 2.09. The highest BCUT2D eigenvalue weighted by atomic mass is 16.5. The molecule has 0 aliphatic carbocycles. The molecule has 0 bridgehead atoms. The predicted molar refractivity (Wildman–Crippen MR) is 83.8 cm³/mol. The Hall–Kier alpha value is -1.88. The molecular formula is C16H24N4O. The van der Waals surface area contributed by atoms with Crippen LogP contribution in [0.15, 0.2) is 36.7 Å². The van der Waals surface area contributed by atoms with E-state index in [1.165, 1.54) is 0 Å². The standard InChI is InChI=1S/C16H24N4O/c1-4-14(5-2)17-11-13(3)21-16-18-12-20(19-16)15-9-7-6-8-10-15/h6-10,12-14,17H,4-5,11H2,1-3H3. The van der Waals surface area contributed by atoms with Gasteiger partial charge < -0.3 is 10.1 Å². The fraction of sp³-hybridized carbons (Fsp3) is 0.500. The first-order valence-electron chi connectivity index (χ1n) is 7.60. The maximum atomic E-state index is 5.75. The third-order valence-corrected chi connectivity index (χ3v) is 3.48. The first-order chi connectivity index (χ1) is 10.2. The lowest BCUT2D eigenvalue weighted by Crippen LogP contribution is -2.36. The van der Waals surface area contributed by atoms with E-state index >= 15 is 0 Å². The van der Waals surface area contributed by atoms with Gasteiger partial charge in [-0.1, -0.05) is 32.0 Å². The van der Waals surface area contributed by atoms with Crippen LogP contribution in [0, 0.1) is 0 Å². The first kappa shape index (κ1) is 15.5. The molecule has 21 heavy (non-hydrogen) atoms. The van der Waals surface area contributed by atoms with Crippen molar-refractivity contribution in [1.82, 2.24) is 20.1 Å². The summed E-state index contributed by atoms with van der Waals surface area (Å²) >= 11 is 0. The number of ether oxygens (including phenoxy) is 1. The zero-order valence-corrected chi connectivity index (χ0v) is 13.0. The quantitative estimate of drug-likeness (QED) is 0.811. The van der Waals surface area contributed by atoms with Crippen molar-refractivity contribution in [2.24, 2.45) is 0 Å². The smallest absolute Gasteiger partial charge is 0.336 e. The molecule has 1 aromatic heterocycles. The van der Waals surface area contributed by atoms with Crippen molar-refractivity contribution in [3.8, 4) is 11.7 Å². The van der Waals surface area contributed by atoms with Gasteiger partial charge in [0.2, 0.25) is 0 Å². The first-order valence-corrected chi connectivity index (χ1v) is 7.60. The van der Waals surface area contributed by atoms with Crippen LogP contribution in [-0.2, 0) is 0 Å². The number of aromatic nitrogens is 3. The van der Waals surface area contributed by atoms with Gasteiger partial charge >= 0.3 is 6.01 Å². The number of nitrogens with one attached hydrogen (secondary N) is 1. The minimum Gasteiger partial charge on any atom is -0.458 e. The molecule has 0 amide bonds. The molecule has 1 aromatic carbocycles. The number of hydrogen-bond acceptors (Lipinski definition) is 4. The van der Waals surface area contributed by atoms with Gasteiger partial charge in [0.05, 0.1) is 5.69 Å². The number of benzene rings is 1. The van der Waals surface area contributed by atoms with E-state index in [-0.39, 0.29) is 6.10 Å². The van der Waals surface area contributed by atoms with Crippen LogP contribution < -0.4 is 10.1 Å². The highest BCUT2D eigenvalue weighted by Gasteiger charge is 2.10. The topological polar surface area (TPSA) is 52.0 Å². The maximum absolute atomic E-state index is 5.75. The second-order valence-electron chi connectivity index (χ2n) is 5.16. The molecule has 5 nitrogen and oxygen atoms in total. The fourth-order valence-electron chi connectivity index (χ4n) is 2.14. The number of para-hydroxylation sites is 1. The second kappa shape index (κ2) is 7.78. The lowest BCUT2D eigenvalue weighted by atomic mass is 10.1. The van der Waals surface area contributed by atoms with Crippen LogP contribution in [0.25, 0.3) is 5.69 Å². The second-order valence-corrected chi connectivity index (χ2v) is 5.16. The summed E-state index contributed by atoms with van der Waals surface area (Å²) in [6, 6.07) is 10.8. The third-order valence-electron chi connectivity index (χ3n) is 3.48.